The van der Waals surface area contributed by atoms with Gasteiger partial charge in [0.15, 0.2) is 0 Å². The van der Waals surface area contributed by atoms with Crippen LogP contribution in [0.25, 0.3) is 0 Å². The van der Waals surface area contributed by atoms with Crippen LogP contribution >= 0.6 is 0 Å². The fourth-order valence-electron chi connectivity index (χ4n) is 1.67. The van der Waals surface area contributed by atoms with E-state index >= 15 is 0 Å². The molecule has 0 saturated carbocycles. The van der Waals surface area contributed by atoms with Crippen molar-refractivity contribution in [1.82, 2.24) is 9.88 Å². The van der Waals surface area contributed by atoms with Gasteiger partial charge < -0.3 is 15.2 Å². The zero-order valence-corrected chi connectivity index (χ0v) is 11.0. The van der Waals surface area contributed by atoms with E-state index in [-0.39, 0.29) is 11.5 Å². The lowest BCUT2D eigenvalue weighted by Gasteiger charge is -2.08. The molecule has 100 valence electrons. The number of aryl methyl sites for hydroxylation is 1. The Balaban J connectivity index is 2.59. The van der Waals surface area contributed by atoms with Gasteiger partial charge in [-0.1, -0.05) is 6.92 Å². The second-order valence-electron chi connectivity index (χ2n) is 4.20. The van der Waals surface area contributed by atoms with E-state index in [1.807, 2.05) is 14.0 Å². The number of hydrogen-bond acceptors (Lipinski definition) is 3. The maximum Gasteiger partial charge on any atom is 0.250 e. The summed E-state index contributed by atoms with van der Waals surface area (Å²) in [7, 11) is 1.86. The van der Waals surface area contributed by atoms with Crippen LogP contribution in [0.3, 0.4) is 0 Å². The van der Waals surface area contributed by atoms with Crippen LogP contribution in [0.4, 0.5) is 5.69 Å². The van der Waals surface area contributed by atoms with E-state index in [1.165, 1.54) is 6.07 Å². The first-order valence-electron chi connectivity index (χ1n) is 6.32. The standard InChI is InChI=1S/C13H21N3O2/c1-3-9-16-10-11(6-7-13(16)18)15-12(17)5-4-8-14-2/h6-7,10,14H,3-5,8-9H2,1-2H3,(H,15,17). The van der Waals surface area contributed by atoms with Crippen LogP contribution in [0.5, 0.6) is 0 Å². The van der Waals surface area contributed by atoms with Crippen molar-refractivity contribution in [2.45, 2.75) is 32.7 Å². The highest BCUT2D eigenvalue weighted by atomic mass is 16.1. The molecular weight excluding hydrogens is 230 g/mol. The molecule has 1 aromatic heterocycles. The molecule has 0 spiro atoms. The Morgan fingerprint density at radius 1 is 1.39 bits per heavy atom. The number of rotatable bonds is 7. The number of pyridine rings is 1. The molecule has 0 aromatic carbocycles. The molecule has 0 aliphatic heterocycles. The van der Waals surface area contributed by atoms with Gasteiger partial charge in [0, 0.05) is 25.2 Å². The van der Waals surface area contributed by atoms with Crippen molar-refractivity contribution >= 4 is 11.6 Å². The van der Waals surface area contributed by atoms with Gasteiger partial charge in [0.05, 0.1) is 5.69 Å². The van der Waals surface area contributed by atoms with Gasteiger partial charge in [-0.2, -0.15) is 0 Å². The van der Waals surface area contributed by atoms with E-state index in [9.17, 15) is 9.59 Å². The molecule has 0 unspecified atom stereocenters. The van der Waals surface area contributed by atoms with Crippen LogP contribution in [-0.2, 0) is 11.3 Å². The van der Waals surface area contributed by atoms with Crippen molar-refractivity contribution in [2.24, 2.45) is 0 Å². The molecule has 0 aliphatic rings. The fourth-order valence-corrected chi connectivity index (χ4v) is 1.67. The molecule has 1 aromatic rings. The first kappa shape index (κ1) is 14.4. The number of carbonyl (C=O) groups is 1. The summed E-state index contributed by atoms with van der Waals surface area (Å²) < 4.78 is 1.61. The third kappa shape index (κ3) is 4.71. The van der Waals surface area contributed by atoms with Crippen molar-refractivity contribution in [1.29, 1.82) is 0 Å². The Bertz CT molecular complexity index is 440. The van der Waals surface area contributed by atoms with Crippen molar-refractivity contribution in [3.05, 3.63) is 28.7 Å². The highest BCUT2D eigenvalue weighted by Gasteiger charge is 2.03. The summed E-state index contributed by atoms with van der Waals surface area (Å²) in [4.78, 5) is 23.1. The first-order valence-corrected chi connectivity index (χ1v) is 6.32. The number of aromatic nitrogens is 1. The molecule has 0 atom stereocenters. The second kappa shape index (κ2) is 7.66. The Labute approximate surface area is 107 Å². The summed E-state index contributed by atoms with van der Waals surface area (Å²) in [5, 5.41) is 5.80. The third-order valence-electron chi connectivity index (χ3n) is 2.56. The summed E-state index contributed by atoms with van der Waals surface area (Å²) in [5.41, 5.74) is 0.641. The van der Waals surface area contributed by atoms with Gasteiger partial charge in [-0.3, -0.25) is 9.59 Å². The van der Waals surface area contributed by atoms with Gasteiger partial charge in [-0.25, -0.2) is 0 Å². The SMILES string of the molecule is CCCn1cc(NC(=O)CCCNC)ccc1=O. The van der Waals surface area contributed by atoms with E-state index in [0.29, 0.717) is 18.7 Å². The zero-order chi connectivity index (χ0) is 13.4. The van der Waals surface area contributed by atoms with Crippen LogP contribution in [-0.4, -0.2) is 24.1 Å². The smallest absolute Gasteiger partial charge is 0.250 e. The van der Waals surface area contributed by atoms with Gasteiger partial charge >= 0.3 is 0 Å². The van der Waals surface area contributed by atoms with Crippen molar-refractivity contribution in [3.63, 3.8) is 0 Å². The molecule has 2 N–H and O–H groups in total. The highest BCUT2D eigenvalue weighted by Crippen LogP contribution is 2.05. The monoisotopic (exact) mass is 251 g/mol. The van der Waals surface area contributed by atoms with E-state index in [1.54, 1.807) is 16.8 Å². The minimum atomic E-state index is -0.0370. The zero-order valence-electron chi connectivity index (χ0n) is 11.0. The minimum Gasteiger partial charge on any atom is -0.325 e. The minimum absolute atomic E-state index is 0.0213. The van der Waals surface area contributed by atoms with E-state index in [4.69, 9.17) is 0 Å². The Morgan fingerprint density at radius 3 is 2.83 bits per heavy atom. The average Bonchev–Trinajstić information content (AvgIpc) is 2.34. The molecule has 0 bridgehead atoms. The maximum atomic E-state index is 11.6. The lowest BCUT2D eigenvalue weighted by Crippen LogP contribution is -2.20. The van der Waals surface area contributed by atoms with Crippen molar-refractivity contribution in [3.8, 4) is 0 Å². The van der Waals surface area contributed by atoms with E-state index in [0.717, 1.165) is 19.4 Å². The van der Waals surface area contributed by atoms with E-state index in [2.05, 4.69) is 10.6 Å². The van der Waals surface area contributed by atoms with Gasteiger partial charge in [0.2, 0.25) is 5.91 Å². The molecular formula is C13H21N3O2. The van der Waals surface area contributed by atoms with Crippen LogP contribution in [0.1, 0.15) is 26.2 Å². The Kier molecular flexibility index (Phi) is 6.14. The number of nitrogens with one attached hydrogen (secondary N) is 2. The first-order chi connectivity index (χ1) is 8.67. The number of amides is 1. The summed E-state index contributed by atoms with van der Waals surface area (Å²) in [6, 6.07) is 3.13. The molecule has 0 fully saturated rings. The number of nitrogens with zero attached hydrogens (tertiary/aromatic N) is 1. The summed E-state index contributed by atoms with van der Waals surface area (Å²) in [5.74, 6) is -0.0213. The maximum absolute atomic E-state index is 11.6. The summed E-state index contributed by atoms with van der Waals surface area (Å²) in [6.07, 6.45) is 3.87. The molecule has 0 radical (unpaired) electrons. The fraction of sp³-hybridized carbons (Fsp3) is 0.538. The van der Waals surface area contributed by atoms with Crippen LogP contribution in [0.2, 0.25) is 0 Å². The average molecular weight is 251 g/mol. The Hall–Kier alpha value is -1.62. The largest absolute Gasteiger partial charge is 0.325 e. The summed E-state index contributed by atoms with van der Waals surface area (Å²) >= 11 is 0. The van der Waals surface area contributed by atoms with Crippen LogP contribution < -0.4 is 16.2 Å². The number of carbonyl (C=O) groups excluding carboxylic acids is 1. The van der Waals surface area contributed by atoms with Gasteiger partial charge in [-0.05, 0) is 32.5 Å². The van der Waals surface area contributed by atoms with Gasteiger partial charge in [0.25, 0.3) is 5.56 Å². The predicted molar refractivity (Wildman–Crippen MR) is 72.8 cm³/mol. The molecule has 0 saturated heterocycles. The molecule has 0 aliphatic carbocycles. The predicted octanol–water partition coefficient (Wildman–Crippen LogP) is 1.20. The number of hydrogen-bond donors (Lipinski definition) is 2. The van der Waals surface area contributed by atoms with E-state index < -0.39 is 0 Å². The lowest BCUT2D eigenvalue weighted by molar-refractivity contribution is -0.116. The quantitative estimate of drug-likeness (QED) is 0.716. The molecule has 1 rings (SSSR count). The molecule has 5 heteroatoms. The van der Waals surface area contributed by atoms with Gasteiger partial charge in [0.1, 0.15) is 0 Å². The van der Waals surface area contributed by atoms with Crippen molar-refractivity contribution < 1.29 is 4.79 Å². The Morgan fingerprint density at radius 2 is 2.17 bits per heavy atom. The van der Waals surface area contributed by atoms with Crippen molar-refractivity contribution in [2.75, 3.05) is 18.9 Å². The second-order valence-corrected chi connectivity index (χ2v) is 4.20. The number of anilines is 1. The van der Waals surface area contributed by atoms with Crippen LogP contribution in [0.15, 0.2) is 23.1 Å². The molecule has 1 amide bonds. The molecule has 18 heavy (non-hydrogen) atoms. The van der Waals surface area contributed by atoms with Crippen LogP contribution in [0, 0.1) is 0 Å². The lowest BCUT2D eigenvalue weighted by atomic mass is 10.3. The summed E-state index contributed by atoms with van der Waals surface area (Å²) in [6.45, 7) is 3.50. The molecule has 5 nitrogen and oxygen atoms in total. The molecule has 1 heterocycles. The normalized spacial score (nSPS) is 10.3. The third-order valence-corrected chi connectivity index (χ3v) is 2.56. The topological polar surface area (TPSA) is 63.1 Å². The van der Waals surface area contributed by atoms with Gasteiger partial charge in [-0.15, -0.1) is 0 Å². The highest BCUT2D eigenvalue weighted by molar-refractivity contribution is 5.90.